The highest BCUT2D eigenvalue weighted by Crippen LogP contribution is 2.04. The summed E-state index contributed by atoms with van der Waals surface area (Å²) in [4.78, 5) is 22.1. The zero-order valence-electron chi connectivity index (χ0n) is 8.06. The summed E-state index contributed by atoms with van der Waals surface area (Å²) in [6, 6.07) is 0. The van der Waals surface area contributed by atoms with E-state index in [0.29, 0.717) is 0 Å². The minimum absolute atomic E-state index is 0.223. The molecule has 2 amide bonds. The normalized spacial score (nSPS) is 13.5. The van der Waals surface area contributed by atoms with Crippen LogP contribution < -0.4 is 11.1 Å². The van der Waals surface area contributed by atoms with Crippen molar-refractivity contribution >= 4 is 23.4 Å². The van der Waals surface area contributed by atoms with Crippen molar-refractivity contribution in [2.24, 2.45) is 11.7 Å². The van der Waals surface area contributed by atoms with E-state index < -0.39 is 11.4 Å². The molecule has 0 fully saturated rings. The zero-order valence-corrected chi connectivity index (χ0v) is 8.81. The van der Waals surface area contributed by atoms with Gasteiger partial charge in [0.1, 0.15) is 5.54 Å². The van der Waals surface area contributed by atoms with E-state index in [1.165, 1.54) is 0 Å². The van der Waals surface area contributed by atoms with Gasteiger partial charge < -0.3 is 11.1 Å². The predicted octanol–water partition coefficient (Wildman–Crippen LogP) is 0.241. The molecule has 0 aromatic heterocycles. The van der Waals surface area contributed by atoms with Gasteiger partial charge >= 0.3 is 0 Å². The Morgan fingerprint density at radius 2 is 2.00 bits per heavy atom. The summed E-state index contributed by atoms with van der Waals surface area (Å²) in [6.45, 7) is 4.78. The molecule has 13 heavy (non-hydrogen) atoms. The maximum absolute atomic E-state index is 11.3. The number of hydrogen-bond acceptors (Lipinski definition) is 2. The Balaban J connectivity index is 4.28. The lowest BCUT2D eigenvalue weighted by atomic mass is 10.0. The third-order valence-electron chi connectivity index (χ3n) is 1.73. The highest BCUT2D eigenvalue weighted by atomic mass is 35.5. The van der Waals surface area contributed by atoms with Crippen molar-refractivity contribution in [1.82, 2.24) is 5.32 Å². The van der Waals surface area contributed by atoms with Gasteiger partial charge in [-0.05, 0) is 13.8 Å². The zero-order chi connectivity index (χ0) is 10.6. The van der Waals surface area contributed by atoms with Crippen LogP contribution in [-0.4, -0.2) is 23.2 Å². The van der Waals surface area contributed by atoms with Gasteiger partial charge in [-0.15, -0.1) is 11.6 Å². The second-order valence-corrected chi connectivity index (χ2v) is 3.84. The molecule has 0 aliphatic heterocycles. The lowest BCUT2D eigenvalue weighted by molar-refractivity contribution is -0.131. The predicted molar refractivity (Wildman–Crippen MR) is 51.3 cm³/mol. The van der Waals surface area contributed by atoms with Crippen LogP contribution in [0.2, 0.25) is 0 Å². The summed E-state index contributed by atoms with van der Waals surface area (Å²) < 4.78 is 0. The molecule has 1 atom stereocenters. The topological polar surface area (TPSA) is 72.2 Å². The van der Waals surface area contributed by atoms with Gasteiger partial charge in [0, 0.05) is 11.8 Å². The van der Waals surface area contributed by atoms with Gasteiger partial charge in [-0.3, -0.25) is 9.59 Å². The molecule has 0 spiro atoms. The van der Waals surface area contributed by atoms with E-state index in [2.05, 4.69) is 5.32 Å². The number of carbonyl (C=O) groups excluding carboxylic acids is 2. The summed E-state index contributed by atoms with van der Waals surface area (Å²) >= 11 is 5.48. The van der Waals surface area contributed by atoms with Crippen LogP contribution in [0.25, 0.3) is 0 Å². The number of carbonyl (C=O) groups is 2. The molecule has 5 heteroatoms. The SMILES string of the molecule is CC(CCl)C(=O)NC(C)(C)C(N)=O. The monoisotopic (exact) mass is 206 g/mol. The van der Waals surface area contributed by atoms with Crippen LogP contribution in [0.4, 0.5) is 0 Å². The lowest BCUT2D eigenvalue weighted by Gasteiger charge is -2.23. The van der Waals surface area contributed by atoms with Crippen molar-refractivity contribution in [2.45, 2.75) is 26.3 Å². The number of nitrogens with one attached hydrogen (secondary N) is 1. The molecular formula is C8H15ClN2O2. The molecule has 1 unspecified atom stereocenters. The van der Waals surface area contributed by atoms with Crippen LogP contribution in [0.5, 0.6) is 0 Å². The largest absolute Gasteiger partial charge is 0.368 e. The summed E-state index contributed by atoms with van der Waals surface area (Å²) in [6.07, 6.45) is 0. The molecule has 0 aliphatic carbocycles. The van der Waals surface area contributed by atoms with Crippen molar-refractivity contribution in [1.29, 1.82) is 0 Å². The number of halogens is 1. The van der Waals surface area contributed by atoms with Crippen molar-refractivity contribution in [3.63, 3.8) is 0 Å². The first-order valence-corrected chi connectivity index (χ1v) is 4.52. The fourth-order valence-electron chi connectivity index (χ4n) is 0.563. The van der Waals surface area contributed by atoms with E-state index in [1.54, 1.807) is 20.8 Å². The van der Waals surface area contributed by atoms with Gasteiger partial charge in [-0.1, -0.05) is 6.92 Å². The van der Waals surface area contributed by atoms with E-state index in [4.69, 9.17) is 17.3 Å². The Morgan fingerprint density at radius 1 is 1.54 bits per heavy atom. The van der Waals surface area contributed by atoms with Crippen molar-refractivity contribution < 1.29 is 9.59 Å². The molecule has 0 radical (unpaired) electrons. The molecule has 0 aromatic carbocycles. The molecule has 4 nitrogen and oxygen atoms in total. The average molecular weight is 207 g/mol. The Kier molecular flexibility index (Phi) is 4.20. The van der Waals surface area contributed by atoms with Crippen molar-refractivity contribution in [2.75, 3.05) is 5.88 Å². The fourth-order valence-corrected chi connectivity index (χ4v) is 0.703. The molecule has 3 N–H and O–H groups in total. The average Bonchev–Trinajstić information content (AvgIpc) is 2.01. The van der Waals surface area contributed by atoms with Crippen LogP contribution in [0.1, 0.15) is 20.8 Å². The first kappa shape index (κ1) is 12.2. The first-order valence-electron chi connectivity index (χ1n) is 3.99. The summed E-state index contributed by atoms with van der Waals surface area (Å²) in [7, 11) is 0. The second-order valence-electron chi connectivity index (χ2n) is 3.53. The maximum atomic E-state index is 11.3. The van der Waals surface area contributed by atoms with Gasteiger partial charge in [0.05, 0.1) is 0 Å². The van der Waals surface area contributed by atoms with Crippen molar-refractivity contribution in [3.05, 3.63) is 0 Å². The Bertz CT molecular complexity index is 216. The quantitative estimate of drug-likeness (QED) is 0.647. The summed E-state index contributed by atoms with van der Waals surface area (Å²) in [5, 5.41) is 2.51. The molecule has 0 heterocycles. The number of alkyl halides is 1. The minimum Gasteiger partial charge on any atom is -0.368 e. The maximum Gasteiger partial charge on any atom is 0.242 e. The number of hydrogen-bond donors (Lipinski definition) is 2. The fraction of sp³-hybridized carbons (Fsp3) is 0.750. The van der Waals surface area contributed by atoms with Crippen LogP contribution in [-0.2, 0) is 9.59 Å². The minimum atomic E-state index is -1.02. The Morgan fingerprint density at radius 3 is 2.31 bits per heavy atom. The molecule has 0 aromatic rings. The summed E-state index contributed by atoms with van der Waals surface area (Å²) in [5.41, 5.74) is 4.06. The highest BCUT2D eigenvalue weighted by molar-refractivity contribution is 6.19. The van der Waals surface area contributed by atoms with E-state index in [9.17, 15) is 9.59 Å². The lowest BCUT2D eigenvalue weighted by Crippen LogP contribution is -2.54. The smallest absolute Gasteiger partial charge is 0.242 e. The van der Waals surface area contributed by atoms with Crippen LogP contribution in [0.3, 0.4) is 0 Å². The van der Waals surface area contributed by atoms with Crippen molar-refractivity contribution in [3.8, 4) is 0 Å². The van der Waals surface area contributed by atoms with Gasteiger partial charge in [0.2, 0.25) is 11.8 Å². The van der Waals surface area contributed by atoms with Gasteiger partial charge in [0.15, 0.2) is 0 Å². The number of nitrogens with two attached hydrogens (primary N) is 1. The number of primary amides is 1. The van der Waals surface area contributed by atoms with E-state index in [1.807, 2.05) is 0 Å². The Hall–Kier alpha value is -0.770. The number of amides is 2. The third kappa shape index (κ3) is 3.63. The molecule has 0 saturated carbocycles. The Labute approximate surface area is 82.8 Å². The highest BCUT2D eigenvalue weighted by Gasteiger charge is 2.28. The van der Waals surface area contributed by atoms with E-state index >= 15 is 0 Å². The third-order valence-corrected chi connectivity index (χ3v) is 2.19. The second kappa shape index (κ2) is 4.46. The molecule has 0 bridgehead atoms. The molecule has 0 saturated heterocycles. The summed E-state index contributed by atoms with van der Waals surface area (Å²) in [5.74, 6) is -0.928. The van der Waals surface area contributed by atoms with Gasteiger partial charge in [-0.25, -0.2) is 0 Å². The van der Waals surface area contributed by atoms with Crippen LogP contribution in [0.15, 0.2) is 0 Å². The van der Waals surface area contributed by atoms with Crippen LogP contribution in [0, 0.1) is 5.92 Å². The van der Waals surface area contributed by atoms with E-state index in [-0.39, 0.29) is 17.7 Å². The van der Waals surface area contributed by atoms with Crippen LogP contribution >= 0.6 is 11.6 Å². The molecular weight excluding hydrogens is 192 g/mol. The van der Waals surface area contributed by atoms with Gasteiger partial charge in [0.25, 0.3) is 0 Å². The molecule has 0 rings (SSSR count). The first-order chi connectivity index (χ1) is 5.81. The molecule has 0 aliphatic rings. The standard InChI is InChI=1S/C8H15ClN2O2/c1-5(4-9)6(12)11-8(2,3)7(10)13/h5H,4H2,1-3H3,(H2,10,13)(H,11,12). The number of rotatable bonds is 4. The van der Waals surface area contributed by atoms with Gasteiger partial charge in [-0.2, -0.15) is 0 Å². The van der Waals surface area contributed by atoms with E-state index in [0.717, 1.165) is 0 Å². The molecule has 76 valence electrons.